The summed E-state index contributed by atoms with van der Waals surface area (Å²) in [6.07, 6.45) is 3.33. The minimum atomic E-state index is -0.710. The van der Waals surface area contributed by atoms with E-state index in [1.807, 2.05) is 6.07 Å². The number of fused-ring (bicyclic) bond motifs is 1. The van der Waals surface area contributed by atoms with Crippen molar-refractivity contribution in [3.8, 4) is 0 Å². The maximum atomic E-state index is 11.7. The van der Waals surface area contributed by atoms with Crippen LogP contribution in [0.1, 0.15) is 0 Å². The van der Waals surface area contributed by atoms with E-state index in [0.29, 0.717) is 12.2 Å². The number of nitrogens with zero attached hydrogens (tertiary/aromatic N) is 1. The van der Waals surface area contributed by atoms with Crippen molar-refractivity contribution in [1.82, 2.24) is 10.3 Å². The van der Waals surface area contributed by atoms with Gasteiger partial charge >= 0.3 is 11.8 Å². The Morgan fingerprint density at radius 1 is 1.21 bits per heavy atom. The fourth-order valence-corrected chi connectivity index (χ4v) is 1.68. The van der Waals surface area contributed by atoms with E-state index < -0.39 is 11.8 Å². The van der Waals surface area contributed by atoms with Crippen molar-refractivity contribution in [2.45, 2.75) is 0 Å². The van der Waals surface area contributed by atoms with Crippen molar-refractivity contribution in [2.24, 2.45) is 5.73 Å². The lowest BCUT2D eigenvalue weighted by Gasteiger charge is -2.08. The molecule has 0 bridgehead atoms. The summed E-state index contributed by atoms with van der Waals surface area (Å²) >= 11 is 0. The Balaban J connectivity index is 2.17. The summed E-state index contributed by atoms with van der Waals surface area (Å²) in [5.74, 6) is -1.41. The Kier molecular flexibility index (Phi) is 4.04. The smallest absolute Gasteiger partial charge is 0.313 e. The summed E-state index contributed by atoms with van der Waals surface area (Å²) in [5.41, 5.74) is 5.83. The Hall–Kier alpha value is -2.47. The number of nitrogens with two attached hydrogens (primary N) is 1. The Morgan fingerprint density at radius 3 is 2.84 bits per heavy atom. The Bertz CT molecular complexity index is 607. The molecule has 0 aliphatic carbocycles. The SMILES string of the molecule is NCCNC(=O)C(=O)Nc1cccc2cnccc12. The van der Waals surface area contributed by atoms with Gasteiger partial charge in [-0.05, 0) is 12.1 Å². The van der Waals surface area contributed by atoms with Gasteiger partial charge in [0.2, 0.25) is 0 Å². The maximum absolute atomic E-state index is 11.7. The van der Waals surface area contributed by atoms with Gasteiger partial charge in [-0.15, -0.1) is 0 Å². The molecule has 2 rings (SSSR count). The fraction of sp³-hybridized carbons (Fsp3) is 0.154. The molecular weight excluding hydrogens is 244 g/mol. The third-order valence-electron chi connectivity index (χ3n) is 2.57. The first-order valence-corrected chi connectivity index (χ1v) is 5.84. The number of carbonyl (C=O) groups is 2. The minimum absolute atomic E-state index is 0.270. The number of anilines is 1. The third kappa shape index (κ3) is 3.05. The highest BCUT2D eigenvalue weighted by Gasteiger charge is 2.13. The number of carbonyl (C=O) groups excluding carboxylic acids is 2. The Labute approximate surface area is 110 Å². The van der Waals surface area contributed by atoms with Crippen molar-refractivity contribution in [3.05, 3.63) is 36.7 Å². The highest BCUT2D eigenvalue weighted by atomic mass is 16.2. The zero-order valence-electron chi connectivity index (χ0n) is 10.2. The molecule has 2 aromatic rings. The molecule has 0 spiro atoms. The summed E-state index contributed by atoms with van der Waals surface area (Å²) < 4.78 is 0. The van der Waals surface area contributed by atoms with Gasteiger partial charge in [0.15, 0.2) is 0 Å². The molecule has 4 N–H and O–H groups in total. The molecule has 0 aliphatic rings. The van der Waals surface area contributed by atoms with E-state index in [1.165, 1.54) is 0 Å². The number of amides is 2. The summed E-state index contributed by atoms with van der Waals surface area (Å²) in [4.78, 5) is 27.1. The standard InChI is InChI=1S/C13H14N4O2/c14-5-7-16-12(18)13(19)17-11-3-1-2-9-8-15-6-4-10(9)11/h1-4,6,8H,5,7,14H2,(H,16,18)(H,17,19). The molecule has 2 amide bonds. The zero-order chi connectivity index (χ0) is 13.7. The summed E-state index contributed by atoms with van der Waals surface area (Å²) in [5, 5.41) is 6.71. The molecule has 0 unspecified atom stereocenters. The van der Waals surface area contributed by atoms with Crippen molar-refractivity contribution in [1.29, 1.82) is 0 Å². The quantitative estimate of drug-likeness (QED) is 0.687. The summed E-state index contributed by atoms with van der Waals surface area (Å²) in [6.45, 7) is 0.560. The minimum Gasteiger partial charge on any atom is -0.347 e. The molecule has 0 saturated heterocycles. The first-order chi connectivity index (χ1) is 9.22. The Morgan fingerprint density at radius 2 is 2.05 bits per heavy atom. The van der Waals surface area contributed by atoms with Gasteiger partial charge in [-0.1, -0.05) is 12.1 Å². The second kappa shape index (κ2) is 5.92. The predicted octanol–water partition coefficient (Wildman–Crippen LogP) is 0.248. The van der Waals surface area contributed by atoms with E-state index in [1.54, 1.807) is 30.6 Å². The van der Waals surface area contributed by atoms with Crippen LogP contribution in [0.25, 0.3) is 10.8 Å². The maximum Gasteiger partial charge on any atom is 0.313 e. The number of benzene rings is 1. The van der Waals surface area contributed by atoms with Gasteiger partial charge in [-0.25, -0.2) is 0 Å². The molecule has 0 atom stereocenters. The predicted molar refractivity (Wildman–Crippen MR) is 72.4 cm³/mol. The van der Waals surface area contributed by atoms with Gasteiger partial charge in [-0.3, -0.25) is 14.6 Å². The molecule has 6 nitrogen and oxygen atoms in total. The number of hydrogen-bond donors (Lipinski definition) is 3. The van der Waals surface area contributed by atoms with Gasteiger partial charge in [0, 0.05) is 41.9 Å². The van der Waals surface area contributed by atoms with Crippen molar-refractivity contribution < 1.29 is 9.59 Å². The molecular formula is C13H14N4O2. The van der Waals surface area contributed by atoms with Crippen LogP contribution in [-0.2, 0) is 9.59 Å². The molecule has 1 heterocycles. The fourth-order valence-electron chi connectivity index (χ4n) is 1.68. The van der Waals surface area contributed by atoms with Gasteiger partial charge in [0.25, 0.3) is 0 Å². The van der Waals surface area contributed by atoms with E-state index >= 15 is 0 Å². The lowest BCUT2D eigenvalue weighted by atomic mass is 10.1. The normalized spacial score (nSPS) is 10.2. The molecule has 6 heteroatoms. The van der Waals surface area contributed by atoms with E-state index in [2.05, 4.69) is 15.6 Å². The van der Waals surface area contributed by atoms with E-state index in [0.717, 1.165) is 10.8 Å². The van der Waals surface area contributed by atoms with Crippen molar-refractivity contribution in [3.63, 3.8) is 0 Å². The number of aromatic nitrogens is 1. The second-order valence-electron chi connectivity index (χ2n) is 3.90. The van der Waals surface area contributed by atoms with Crippen LogP contribution in [0.2, 0.25) is 0 Å². The van der Waals surface area contributed by atoms with Gasteiger partial charge in [0.05, 0.1) is 0 Å². The van der Waals surface area contributed by atoms with Gasteiger partial charge in [0.1, 0.15) is 0 Å². The lowest BCUT2D eigenvalue weighted by Crippen LogP contribution is -2.38. The van der Waals surface area contributed by atoms with Crippen LogP contribution in [0.5, 0.6) is 0 Å². The van der Waals surface area contributed by atoms with Crippen molar-refractivity contribution >= 4 is 28.3 Å². The number of hydrogen-bond acceptors (Lipinski definition) is 4. The number of rotatable bonds is 3. The largest absolute Gasteiger partial charge is 0.347 e. The van der Waals surface area contributed by atoms with E-state index in [-0.39, 0.29) is 6.54 Å². The molecule has 1 aromatic carbocycles. The van der Waals surface area contributed by atoms with E-state index in [9.17, 15) is 9.59 Å². The number of pyridine rings is 1. The lowest BCUT2D eigenvalue weighted by molar-refractivity contribution is -0.136. The molecule has 0 fully saturated rings. The molecule has 0 aliphatic heterocycles. The van der Waals surface area contributed by atoms with Crippen LogP contribution in [0.3, 0.4) is 0 Å². The highest BCUT2D eigenvalue weighted by Crippen LogP contribution is 2.21. The highest BCUT2D eigenvalue weighted by molar-refractivity contribution is 6.40. The van der Waals surface area contributed by atoms with Crippen LogP contribution in [0, 0.1) is 0 Å². The first kappa shape index (κ1) is 13.0. The molecule has 0 saturated carbocycles. The zero-order valence-corrected chi connectivity index (χ0v) is 10.2. The number of nitrogens with one attached hydrogen (secondary N) is 2. The van der Waals surface area contributed by atoms with Crippen LogP contribution in [0.15, 0.2) is 36.7 Å². The molecule has 1 aromatic heterocycles. The van der Waals surface area contributed by atoms with E-state index in [4.69, 9.17) is 5.73 Å². The van der Waals surface area contributed by atoms with Crippen LogP contribution < -0.4 is 16.4 Å². The average molecular weight is 258 g/mol. The third-order valence-corrected chi connectivity index (χ3v) is 2.57. The average Bonchev–Trinajstić information content (AvgIpc) is 2.45. The second-order valence-corrected chi connectivity index (χ2v) is 3.90. The van der Waals surface area contributed by atoms with Crippen LogP contribution in [-0.4, -0.2) is 29.9 Å². The summed E-state index contributed by atoms with van der Waals surface area (Å²) in [7, 11) is 0. The van der Waals surface area contributed by atoms with Crippen LogP contribution in [0.4, 0.5) is 5.69 Å². The topological polar surface area (TPSA) is 97.1 Å². The van der Waals surface area contributed by atoms with Gasteiger partial charge < -0.3 is 16.4 Å². The first-order valence-electron chi connectivity index (χ1n) is 5.84. The monoisotopic (exact) mass is 258 g/mol. The van der Waals surface area contributed by atoms with Gasteiger partial charge in [-0.2, -0.15) is 0 Å². The molecule has 0 radical (unpaired) electrons. The van der Waals surface area contributed by atoms with Crippen LogP contribution >= 0.6 is 0 Å². The molecule has 19 heavy (non-hydrogen) atoms. The summed E-state index contributed by atoms with van der Waals surface area (Å²) in [6, 6.07) is 7.18. The van der Waals surface area contributed by atoms with Crippen molar-refractivity contribution in [2.75, 3.05) is 18.4 Å². The molecule has 98 valence electrons.